The van der Waals surface area contributed by atoms with Crippen LogP contribution >= 0.6 is 0 Å². The Balaban J connectivity index is 1.66. The molecule has 0 radical (unpaired) electrons. The summed E-state index contributed by atoms with van der Waals surface area (Å²) in [6.07, 6.45) is 4.47. The largest absolute Gasteiger partial charge is 0.481 e. The maximum Gasteiger partial charge on any atom is 0.326 e. The van der Waals surface area contributed by atoms with Crippen LogP contribution in [0.4, 0.5) is 0 Å². The lowest BCUT2D eigenvalue weighted by atomic mass is 10.1. The molecular formula is C20H28N6O7. The molecule has 3 amide bonds. The highest BCUT2D eigenvalue weighted by Crippen LogP contribution is 2.21. The summed E-state index contributed by atoms with van der Waals surface area (Å²) >= 11 is 0. The number of carboxylic acid groups (broad SMARTS) is 2. The normalized spacial score (nSPS) is 21.9. The van der Waals surface area contributed by atoms with Crippen molar-refractivity contribution < 1.29 is 34.2 Å². The molecule has 2 aliphatic rings. The molecule has 1 aromatic rings. The fourth-order valence-corrected chi connectivity index (χ4v) is 4.14. The number of aromatic amines is 1. The lowest BCUT2D eigenvalue weighted by molar-refractivity contribution is -0.144. The summed E-state index contributed by atoms with van der Waals surface area (Å²) in [5, 5.41) is 26.4. The average Bonchev–Trinajstić information content (AvgIpc) is 3.54. The Morgan fingerprint density at radius 3 is 2.52 bits per heavy atom. The average molecular weight is 464 g/mol. The number of hydrogen-bond donors (Lipinski definition) is 6. The monoisotopic (exact) mass is 464 g/mol. The molecule has 1 aromatic heterocycles. The molecule has 3 heterocycles. The van der Waals surface area contributed by atoms with E-state index in [1.807, 2.05) is 0 Å². The second-order valence-electron chi connectivity index (χ2n) is 8.18. The van der Waals surface area contributed by atoms with Crippen molar-refractivity contribution >= 4 is 29.7 Å². The van der Waals surface area contributed by atoms with Crippen molar-refractivity contribution in [1.82, 2.24) is 30.8 Å². The molecule has 2 aliphatic heterocycles. The van der Waals surface area contributed by atoms with Gasteiger partial charge in [-0.15, -0.1) is 0 Å². The minimum Gasteiger partial charge on any atom is -0.481 e. The first-order chi connectivity index (χ1) is 15.8. The number of aromatic nitrogens is 2. The SMILES string of the molecule is O=C(O)CC(NC(=O)C1CCCN1C(=O)C1CCCN1)C(=O)NC(Cc1cnc[nH]1)C(=O)O. The summed E-state index contributed by atoms with van der Waals surface area (Å²) in [5.74, 6) is -4.43. The van der Waals surface area contributed by atoms with Gasteiger partial charge in [-0.25, -0.2) is 9.78 Å². The lowest BCUT2D eigenvalue weighted by Crippen LogP contribution is -2.57. The van der Waals surface area contributed by atoms with Crippen LogP contribution in [-0.4, -0.2) is 92.0 Å². The maximum atomic E-state index is 12.9. The van der Waals surface area contributed by atoms with Gasteiger partial charge in [0, 0.05) is 24.9 Å². The first-order valence-corrected chi connectivity index (χ1v) is 10.8. The number of likely N-dealkylation sites (tertiary alicyclic amines) is 1. The molecule has 2 fully saturated rings. The van der Waals surface area contributed by atoms with E-state index in [2.05, 4.69) is 25.9 Å². The topological polar surface area (TPSA) is 194 Å². The second kappa shape index (κ2) is 10.9. The van der Waals surface area contributed by atoms with E-state index in [4.69, 9.17) is 0 Å². The van der Waals surface area contributed by atoms with E-state index in [0.29, 0.717) is 31.5 Å². The van der Waals surface area contributed by atoms with Gasteiger partial charge in [0.1, 0.15) is 18.1 Å². The first kappa shape index (κ1) is 24.2. The molecule has 0 aromatic carbocycles. The van der Waals surface area contributed by atoms with E-state index < -0.39 is 48.3 Å². The van der Waals surface area contributed by atoms with Crippen molar-refractivity contribution in [1.29, 1.82) is 0 Å². The number of amides is 3. The van der Waals surface area contributed by atoms with Gasteiger partial charge < -0.3 is 36.0 Å². The van der Waals surface area contributed by atoms with Crippen molar-refractivity contribution in [3.8, 4) is 0 Å². The second-order valence-corrected chi connectivity index (χ2v) is 8.18. The summed E-state index contributed by atoms with van der Waals surface area (Å²) in [6.45, 7) is 1.13. The number of imidazole rings is 1. The summed E-state index contributed by atoms with van der Waals surface area (Å²) < 4.78 is 0. The van der Waals surface area contributed by atoms with Crippen molar-refractivity contribution in [3.63, 3.8) is 0 Å². The van der Waals surface area contributed by atoms with Gasteiger partial charge in [0.25, 0.3) is 0 Å². The molecule has 4 atom stereocenters. The third kappa shape index (κ3) is 6.28. The van der Waals surface area contributed by atoms with E-state index >= 15 is 0 Å². The Bertz CT molecular complexity index is 883. The van der Waals surface area contributed by atoms with Gasteiger partial charge in [0.2, 0.25) is 17.7 Å². The molecule has 0 bridgehead atoms. The van der Waals surface area contributed by atoms with Gasteiger partial charge in [0.05, 0.1) is 18.8 Å². The Morgan fingerprint density at radius 2 is 1.91 bits per heavy atom. The number of carbonyl (C=O) groups is 5. The van der Waals surface area contributed by atoms with Crippen LogP contribution in [0.15, 0.2) is 12.5 Å². The predicted octanol–water partition coefficient (Wildman–Crippen LogP) is -1.78. The zero-order valence-electron chi connectivity index (χ0n) is 18.0. The number of carbonyl (C=O) groups excluding carboxylic acids is 3. The van der Waals surface area contributed by atoms with Crippen LogP contribution in [-0.2, 0) is 30.4 Å². The molecule has 13 heteroatoms. The fourth-order valence-electron chi connectivity index (χ4n) is 4.14. The molecule has 0 aliphatic carbocycles. The molecule has 33 heavy (non-hydrogen) atoms. The first-order valence-electron chi connectivity index (χ1n) is 10.8. The van der Waals surface area contributed by atoms with E-state index in [1.165, 1.54) is 17.4 Å². The molecular weight excluding hydrogens is 436 g/mol. The summed E-state index contributed by atoms with van der Waals surface area (Å²) in [5.41, 5.74) is 0.460. The Kier molecular flexibility index (Phi) is 7.98. The Labute approximate surface area is 189 Å². The van der Waals surface area contributed by atoms with Gasteiger partial charge in [-0.1, -0.05) is 0 Å². The van der Waals surface area contributed by atoms with E-state index in [1.54, 1.807) is 0 Å². The molecule has 3 rings (SSSR count). The summed E-state index contributed by atoms with van der Waals surface area (Å²) in [4.78, 5) is 69.3. The van der Waals surface area contributed by atoms with E-state index in [0.717, 1.165) is 13.0 Å². The molecule has 4 unspecified atom stereocenters. The molecule has 180 valence electrons. The maximum absolute atomic E-state index is 12.9. The number of carboxylic acids is 2. The standard InChI is InChI=1S/C20H28N6O7/c27-16(28)8-13(17(29)25-14(20(32)33)7-11-9-21-10-23-11)24-18(30)15-4-2-6-26(15)19(31)12-3-1-5-22-12/h9-10,12-15,22H,1-8H2,(H,21,23)(H,24,30)(H,25,29)(H,27,28)(H,32,33). The van der Waals surface area contributed by atoms with Crippen LogP contribution < -0.4 is 16.0 Å². The van der Waals surface area contributed by atoms with Gasteiger partial charge in [-0.05, 0) is 32.2 Å². The third-order valence-electron chi connectivity index (χ3n) is 5.80. The number of nitrogens with one attached hydrogen (secondary N) is 4. The number of rotatable bonds is 10. The number of aliphatic carboxylic acids is 2. The highest BCUT2D eigenvalue weighted by molar-refractivity contribution is 5.96. The lowest BCUT2D eigenvalue weighted by Gasteiger charge is -2.28. The smallest absolute Gasteiger partial charge is 0.326 e. The molecule has 6 N–H and O–H groups in total. The van der Waals surface area contributed by atoms with E-state index in [-0.39, 0.29) is 18.4 Å². The quantitative estimate of drug-likeness (QED) is 0.232. The van der Waals surface area contributed by atoms with Crippen LogP contribution in [0.3, 0.4) is 0 Å². The van der Waals surface area contributed by atoms with Crippen molar-refractivity contribution in [2.45, 2.75) is 62.7 Å². The van der Waals surface area contributed by atoms with Crippen LogP contribution in [0.1, 0.15) is 37.8 Å². The minimum absolute atomic E-state index is 0.103. The van der Waals surface area contributed by atoms with Crippen LogP contribution in [0, 0.1) is 0 Å². The highest BCUT2D eigenvalue weighted by atomic mass is 16.4. The Morgan fingerprint density at radius 1 is 1.12 bits per heavy atom. The van der Waals surface area contributed by atoms with Crippen molar-refractivity contribution in [3.05, 3.63) is 18.2 Å². The van der Waals surface area contributed by atoms with Crippen LogP contribution in [0.25, 0.3) is 0 Å². The van der Waals surface area contributed by atoms with Gasteiger partial charge in [0.15, 0.2) is 0 Å². The van der Waals surface area contributed by atoms with Gasteiger partial charge in [-0.3, -0.25) is 19.2 Å². The van der Waals surface area contributed by atoms with Crippen molar-refractivity contribution in [2.24, 2.45) is 0 Å². The predicted molar refractivity (Wildman–Crippen MR) is 112 cm³/mol. The van der Waals surface area contributed by atoms with Crippen molar-refractivity contribution in [2.75, 3.05) is 13.1 Å². The summed E-state index contributed by atoms with van der Waals surface area (Å²) in [6, 6.07) is -4.02. The van der Waals surface area contributed by atoms with Crippen LogP contribution in [0.5, 0.6) is 0 Å². The van der Waals surface area contributed by atoms with Gasteiger partial charge in [-0.2, -0.15) is 0 Å². The Hall–Kier alpha value is -3.48. The number of H-pyrrole nitrogens is 1. The molecule has 0 saturated carbocycles. The van der Waals surface area contributed by atoms with E-state index in [9.17, 15) is 34.2 Å². The minimum atomic E-state index is -1.50. The number of hydrogen-bond acceptors (Lipinski definition) is 7. The number of nitrogens with zero attached hydrogens (tertiary/aromatic N) is 2. The highest BCUT2D eigenvalue weighted by Gasteiger charge is 2.39. The molecule has 0 spiro atoms. The zero-order chi connectivity index (χ0) is 24.0. The summed E-state index contributed by atoms with van der Waals surface area (Å²) in [7, 11) is 0. The van der Waals surface area contributed by atoms with Crippen LogP contribution in [0.2, 0.25) is 0 Å². The molecule has 13 nitrogen and oxygen atoms in total. The fraction of sp³-hybridized carbons (Fsp3) is 0.600. The zero-order valence-corrected chi connectivity index (χ0v) is 18.0. The van der Waals surface area contributed by atoms with Gasteiger partial charge >= 0.3 is 11.9 Å². The molecule has 2 saturated heterocycles. The third-order valence-corrected chi connectivity index (χ3v) is 5.80.